The number of rotatable bonds is 14. The van der Waals surface area contributed by atoms with E-state index in [2.05, 4.69) is 0 Å². The number of aliphatic hydroxyl groups is 2. The molecule has 9 nitrogen and oxygen atoms in total. The van der Waals surface area contributed by atoms with E-state index in [1.165, 1.54) is 6.07 Å². The molecule has 0 unspecified atom stereocenters. The van der Waals surface area contributed by atoms with E-state index in [-0.39, 0.29) is 18.1 Å². The third-order valence-electron chi connectivity index (χ3n) is 2.96. The van der Waals surface area contributed by atoms with E-state index in [1.807, 2.05) is 0 Å². The molecule has 0 atom stereocenters. The van der Waals surface area contributed by atoms with Crippen molar-refractivity contribution in [3.05, 3.63) is 29.8 Å². The molecular formula is C17H30O9S. The molecule has 3 N–H and O–H groups in total. The average molecular weight is 410 g/mol. The Balaban J connectivity index is 0.000000533. The molecule has 1 aromatic carbocycles. The molecule has 1 aromatic rings. The second kappa shape index (κ2) is 17.0. The van der Waals surface area contributed by atoms with Crippen LogP contribution in [-0.4, -0.2) is 89.3 Å². The van der Waals surface area contributed by atoms with E-state index in [4.69, 9.17) is 33.7 Å². The van der Waals surface area contributed by atoms with Crippen molar-refractivity contribution < 1.29 is 42.1 Å². The Morgan fingerprint density at radius 3 is 1.41 bits per heavy atom. The molecule has 0 bridgehead atoms. The van der Waals surface area contributed by atoms with Crippen molar-refractivity contribution in [1.82, 2.24) is 0 Å². The maximum absolute atomic E-state index is 10.6. The maximum atomic E-state index is 10.6. The minimum Gasteiger partial charge on any atom is -0.394 e. The molecule has 158 valence electrons. The fourth-order valence-electron chi connectivity index (χ4n) is 1.74. The van der Waals surface area contributed by atoms with Gasteiger partial charge in [-0.2, -0.15) is 8.42 Å². The van der Waals surface area contributed by atoms with Crippen LogP contribution in [0.2, 0.25) is 0 Å². The Morgan fingerprint density at radius 1 is 0.741 bits per heavy atom. The third kappa shape index (κ3) is 15.6. The predicted molar refractivity (Wildman–Crippen MR) is 98.4 cm³/mol. The van der Waals surface area contributed by atoms with Gasteiger partial charge >= 0.3 is 0 Å². The molecule has 0 amide bonds. The molecule has 0 saturated carbocycles. The first-order chi connectivity index (χ1) is 12.9. The summed E-state index contributed by atoms with van der Waals surface area (Å²) in [6, 6.07) is 6.27. The van der Waals surface area contributed by atoms with Crippen LogP contribution < -0.4 is 0 Å². The second-order valence-corrected chi connectivity index (χ2v) is 6.53. The summed E-state index contributed by atoms with van der Waals surface area (Å²) in [4.78, 5) is -0.0278. The molecule has 0 radical (unpaired) electrons. The number of ether oxygens (including phenoxy) is 4. The van der Waals surface area contributed by atoms with Crippen molar-refractivity contribution in [3.63, 3.8) is 0 Å². The Hall–Kier alpha value is -1.11. The fourth-order valence-corrected chi connectivity index (χ4v) is 2.46. The topological polar surface area (TPSA) is 132 Å². The summed E-state index contributed by atoms with van der Waals surface area (Å²) >= 11 is 0. The van der Waals surface area contributed by atoms with Crippen molar-refractivity contribution in [2.45, 2.75) is 11.8 Å². The summed E-state index contributed by atoms with van der Waals surface area (Å²) < 4.78 is 50.2. The van der Waals surface area contributed by atoms with Gasteiger partial charge in [0.25, 0.3) is 10.1 Å². The lowest BCUT2D eigenvalue weighted by atomic mass is 10.2. The van der Waals surface area contributed by atoms with E-state index in [1.54, 1.807) is 25.1 Å². The molecule has 0 aliphatic rings. The third-order valence-corrected chi connectivity index (χ3v) is 3.97. The van der Waals surface area contributed by atoms with Crippen molar-refractivity contribution in [1.29, 1.82) is 0 Å². The van der Waals surface area contributed by atoms with Gasteiger partial charge in [-0.05, 0) is 18.6 Å². The minimum absolute atomic E-state index is 0.0278. The van der Waals surface area contributed by atoms with Gasteiger partial charge in [0.05, 0.1) is 71.0 Å². The summed E-state index contributed by atoms with van der Waals surface area (Å²) in [6.45, 7) is 5.42. The van der Waals surface area contributed by atoms with Crippen LogP contribution in [0.25, 0.3) is 0 Å². The van der Waals surface area contributed by atoms with Crippen molar-refractivity contribution in [3.8, 4) is 0 Å². The average Bonchev–Trinajstić information content (AvgIpc) is 2.63. The summed E-state index contributed by atoms with van der Waals surface area (Å²) in [6.07, 6.45) is 0. The first-order valence-corrected chi connectivity index (χ1v) is 9.93. The summed E-state index contributed by atoms with van der Waals surface area (Å²) in [5.41, 5.74) is 0.551. The van der Waals surface area contributed by atoms with Gasteiger partial charge in [0.15, 0.2) is 0 Å². The monoisotopic (exact) mass is 410 g/mol. The lowest BCUT2D eigenvalue weighted by Crippen LogP contribution is -2.13. The largest absolute Gasteiger partial charge is 0.394 e. The Labute approximate surface area is 160 Å². The van der Waals surface area contributed by atoms with Crippen LogP contribution in [0.5, 0.6) is 0 Å². The van der Waals surface area contributed by atoms with Gasteiger partial charge in [-0.3, -0.25) is 4.55 Å². The van der Waals surface area contributed by atoms with E-state index >= 15 is 0 Å². The highest BCUT2D eigenvalue weighted by Crippen LogP contribution is 2.12. The molecule has 0 aliphatic heterocycles. The fraction of sp³-hybridized carbons (Fsp3) is 0.647. The molecular weight excluding hydrogens is 380 g/mol. The number of aryl methyl sites for hydroxylation is 1. The van der Waals surface area contributed by atoms with Gasteiger partial charge in [-0.25, -0.2) is 0 Å². The summed E-state index contributed by atoms with van der Waals surface area (Å²) in [5, 5.41) is 16.8. The van der Waals surface area contributed by atoms with Gasteiger partial charge in [-0.1, -0.05) is 18.2 Å². The van der Waals surface area contributed by atoms with Crippen LogP contribution in [0, 0.1) is 6.92 Å². The molecule has 0 saturated heterocycles. The zero-order valence-corrected chi connectivity index (χ0v) is 16.4. The SMILES string of the molecule is Cc1ccccc1S(=O)(=O)O.OCCOCCOCCOCCOCCO. The number of hydrogen-bond donors (Lipinski definition) is 3. The van der Waals surface area contributed by atoms with E-state index < -0.39 is 10.1 Å². The highest BCUT2D eigenvalue weighted by Gasteiger charge is 2.10. The van der Waals surface area contributed by atoms with Gasteiger partial charge in [0.1, 0.15) is 0 Å². The van der Waals surface area contributed by atoms with Crippen LogP contribution in [0.4, 0.5) is 0 Å². The lowest BCUT2D eigenvalue weighted by molar-refractivity contribution is -0.00856. The molecule has 10 heteroatoms. The van der Waals surface area contributed by atoms with E-state index in [9.17, 15) is 8.42 Å². The Kier molecular flexibility index (Phi) is 16.3. The normalized spacial score (nSPS) is 11.1. The highest BCUT2D eigenvalue weighted by atomic mass is 32.2. The number of hydrogen-bond acceptors (Lipinski definition) is 8. The van der Waals surface area contributed by atoms with Crippen LogP contribution >= 0.6 is 0 Å². The quantitative estimate of drug-likeness (QED) is 0.292. The predicted octanol–water partition coefficient (Wildman–Crippen LogP) is 0.279. The number of aliphatic hydroxyl groups excluding tert-OH is 2. The lowest BCUT2D eigenvalue weighted by Gasteiger charge is -2.06. The number of benzene rings is 1. The highest BCUT2D eigenvalue weighted by molar-refractivity contribution is 7.85. The van der Waals surface area contributed by atoms with Gasteiger partial charge in [0.2, 0.25) is 0 Å². The molecule has 0 heterocycles. The Morgan fingerprint density at radius 2 is 1.11 bits per heavy atom. The zero-order valence-electron chi connectivity index (χ0n) is 15.6. The first kappa shape index (κ1) is 25.9. The Bertz CT molecular complexity index is 549. The van der Waals surface area contributed by atoms with Crippen LogP contribution in [0.3, 0.4) is 0 Å². The molecule has 1 rings (SSSR count). The summed E-state index contributed by atoms with van der Waals surface area (Å²) in [7, 11) is -4.03. The van der Waals surface area contributed by atoms with E-state index in [0.29, 0.717) is 58.4 Å². The molecule has 0 aliphatic carbocycles. The molecule has 0 fully saturated rings. The zero-order chi connectivity index (χ0) is 20.4. The molecule has 0 spiro atoms. The van der Waals surface area contributed by atoms with Crippen LogP contribution in [0.1, 0.15) is 5.56 Å². The van der Waals surface area contributed by atoms with Gasteiger partial charge < -0.3 is 29.2 Å². The smallest absolute Gasteiger partial charge is 0.294 e. The summed E-state index contributed by atoms with van der Waals surface area (Å²) in [5.74, 6) is 0. The molecule has 0 aromatic heterocycles. The van der Waals surface area contributed by atoms with Gasteiger partial charge in [0, 0.05) is 0 Å². The second-order valence-electron chi connectivity index (χ2n) is 5.14. The van der Waals surface area contributed by atoms with Gasteiger partial charge in [-0.15, -0.1) is 0 Å². The molecule has 27 heavy (non-hydrogen) atoms. The minimum atomic E-state index is -4.03. The van der Waals surface area contributed by atoms with Crippen LogP contribution in [0.15, 0.2) is 29.2 Å². The standard InChI is InChI=1S/C10H22O6.C7H8O3S/c11-1-3-13-5-7-15-9-10-16-8-6-14-4-2-12;1-6-4-2-3-5-7(6)11(8,9)10/h11-12H,1-10H2;2-5H,1H3,(H,8,9,10). The first-order valence-electron chi connectivity index (χ1n) is 8.49. The maximum Gasteiger partial charge on any atom is 0.294 e. The van der Waals surface area contributed by atoms with Crippen LogP contribution in [-0.2, 0) is 29.1 Å². The van der Waals surface area contributed by atoms with Crippen molar-refractivity contribution in [2.75, 3.05) is 66.1 Å². The van der Waals surface area contributed by atoms with E-state index in [0.717, 1.165) is 0 Å². The van der Waals surface area contributed by atoms with Crippen molar-refractivity contribution >= 4 is 10.1 Å². The van der Waals surface area contributed by atoms with Crippen molar-refractivity contribution in [2.24, 2.45) is 0 Å².